The lowest BCUT2D eigenvalue weighted by atomic mass is 9.95. The van der Waals surface area contributed by atoms with Crippen LogP contribution in [0.1, 0.15) is 37.7 Å². The van der Waals surface area contributed by atoms with Gasteiger partial charge in [0, 0.05) is 31.6 Å². The average molecular weight is 334 g/mol. The van der Waals surface area contributed by atoms with E-state index < -0.39 is 11.6 Å². The Kier molecular flexibility index (Phi) is 3.65. The SMILES string of the molecule is CN(C(=O)OC(C)(C)C)C1CC12CN(c1cnc(C(=O)O)cn1)C2. The van der Waals surface area contributed by atoms with Crippen LogP contribution in [-0.4, -0.2) is 63.8 Å². The van der Waals surface area contributed by atoms with Gasteiger partial charge in [-0.2, -0.15) is 0 Å². The van der Waals surface area contributed by atoms with Gasteiger partial charge in [-0.25, -0.2) is 19.6 Å². The molecule has 1 aliphatic carbocycles. The number of carbonyl (C=O) groups excluding carboxylic acids is 1. The van der Waals surface area contributed by atoms with Crippen molar-refractivity contribution in [3.05, 3.63) is 18.1 Å². The molecule has 2 fully saturated rings. The molecule has 8 nitrogen and oxygen atoms in total. The standard InChI is InChI=1S/C16H22N4O4/c1-15(2,3)24-14(23)19(4)11-5-16(11)8-20(9-16)12-7-17-10(6-18-12)13(21)22/h6-7,11H,5,8-9H2,1-4H3,(H,21,22). The number of rotatable bonds is 3. The fourth-order valence-electron chi connectivity index (χ4n) is 3.15. The maximum atomic E-state index is 12.1. The summed E-state index contributed by atoms with van der Waals surface area (Å²) in [7, 11) is 1.78. The molecule has 1 aromatic heterocycles. The van der Waals surface area contributed by atoms with Crippen molar-refractivity contribution in [2.24, 2.45) is 5.41 Å². The number of carboxylic acids is 1. The third-order valence-corrected chi connectivity index (χ3v) is 4.49. The van der Waals surface area contributed by atoms with Gasteiger partial charge in [-0.15, -0.1) is 0 Å². The van der Waals surface area contributed by atoms with Crippen molar-refractivity contribution in [3.63, 3.8) is 0 Å². The van der Waals surface area contributed by atoms with E-state index in [0.717, 1.165) is 19.5 Å². The van der Waals surface area contributed by atoms with Crippen molar-refractivity contribution in [2.45, 2.75) is 38.8 Å². The van der Waals surface area contributed by atoms with E-state index in [4.69, 9.17) is 9.84 Å². The van der Waals surface area contributed by atoms with Gasteiger partial charge in [-0.1, -0.05) is 0 Å². The van der Waals surface area contributed by atoms with E-state index in [1.54, 1.807) is 11.9 Å². The number of hydrogen-bond donors (Lipinski definition) is 1. The molecule has 0 aromatic carbocycles. The molecule has 130 valence electrons. The van der Waals surface area contributed by atoms with Gasteiger partial charge in [0.05, 0.1) is 12.4 Å². The molecular weight excluding hydrogens is 312 g/mol. The first kappa shape index (κ1) is 16.5. The predicted octanol–water partition coefficient (Wildman–Crippen LogP) is 1.62. The number of hydrogen-bond acceptors (Lipinski definition) is 6. The first-order valence-electron chi connectivity index (χ1n) is 7.87. The zero-order chi connectivity index (χ0) is 17.7. The summed E-state index contributed by atoms with van der Waals surface area (Å²) in [6.45, 7) is 7.13. The van der Waals surface area contributed by atoms with Crippen LogP contribution in [0.4, 0.5) is 10.6 Å². The average Bonchev–Trinajstić information content (AvgIpc) is 3.19. The van der Waals surface area contributed by atoms with E-state index in [0.29, 0.717) is 5.82 Å². The van der Waals surface area contributed by atoms with Crippen molar-refractivity contribution < 1.29 is 19.4 Å². The lowest BCUT2D eigenvalue weighted by Crippen LogP contribution is -2.53. The fraction of sp³-hybridized carbons (Fsp3) is 0.625. The maximum absolute atomic E-state index is 12.1. The Hall–Kier alpha value is -2.38. The first-order chi connectivity index (χ1) is 11.1. The normalized spacial score (nSPS) is 21.2. The topological polar surface area (TPSA) is 95.9 Å². The molecule has 1 aliphatic heterocycles. The van der Waals surface area contributed by atoms with Gasteiger partial charge in [-0.3, -0.25) is 0 Å². The van der Waals surface area contributed by atoms with Gasteiger partial charge in [0.15, 0.2) is 5.69 Å². The van der Waals surface area contributed by atoms with E-state index in [9.17, 15) is 9.59 Å². The van der Waals surface area contributed by atoms with Crippen molar-refractivity contribution in [2.75, 3.05) is 25.0 Å². The molecule has 1 amide bonds. The van der Waals surface area contributed by atoms with Crippen LogP contribution in [0.5, 0.6) is 0 Å². The summed E-state index contributed by atoms with van der Waals surface area (Å²) in [5.74, 6) is -0.424. The zero-order valence-electron chi connectivity index (χ0n) is 14.3. The predicted molar refractivity (Wildman–Crippen MR) is 86.0 cm³/mol. The minimum atomic E-state index is -1.09. The highest BCUT2D eigenvalue weighted by Gasteiger charge is 2.64. The summed E-state index contributed by atoms with van der Waals surface area (Å²) in [5, 5.41) is 8.84. The molecule has 1 aromatic rings. The highest BCUT2D eigenvalue weighted by molar-refractivity contribution is 5.84. The van der Waals surface area contributed by atoms with Crippen LogP contribution in [-0.2, 0) is 4.74 Å². The van der Waals surface area contributed by atoms with E-state index in [1.165, 1.54) is 12.4 Å². The highest BCUT2D eigenvalue weighted by atomic mass is 16.6. The first-order valence-corrected chi connectivity index (χ1v) is 7.87. The second-order valence-electron chi connectivity index (χ2n) is 7.59. The number of anilines is 1. The molecule has 1 unspecified atom stereocenters. The van der Waals surface area contributed by atoms with Gasteiger partial charge in [0.2, 0.25) is 0 Å². The number of carboxylic acid groups (broad SMARTS) is 1. The van der Waals surface area contributed by atoms with Gasteiger partial charge >= 0.3 is 12.1 Å². The number of ether oxygens (including phenoxy) is 1. The summed E-state index contributed by atoms with van der Waals surface area (Å²) >= 11 is 0. The number of aromatic nitrogens is 2. The molecule has 1 spiro atoms. The zero-order valence-corrected chi connectivity index (χ0v) is 14.3. The second-order valence-corrected chi connectivity index (χ2v) is 7.59. The van der Waals surface area contributed by atoms with Crippen molar-refractivity contribution in [1.29, 1.82) is 0 Å². The van der Waals surface area contributed by atoms with Gasteiger partial charge in [0.25, 0.3) is 0 Å². The van der Waals surface area contributed by atoms with E-state index in [2.05, 4.69) is 9.97 Å². The summed E-state index contributed by atoms with van der Waals surface area (Å²) in [6.07, 6.45) is 3.39. The van der Waals surface area contributed by atoms with Gasteiger partial charge < -0.3 is 19.6 Å². The minimum absolute atomic E-state index is 0.0667. The lowest BCUT2D eigenvalue weighted by Gasteiger charge is -2.42. The fourth-order valence-corrected chi connectivity index (χ4v) is 3.15. The highest BCUT2D eigenvalue weighted by Crippen LogP contribution is 2.56. The Bertz CT molecular complexity index is 662. The lowest BCUT2D eigenvalue weighted by molar-refractivity contribution is 0.0254. The van der Waals surface area contributed by atoms with E-state index in [1.807, 2.05) is 25.7 Å². The van der Waals surface area contributed by atoms with Crippen LogP contribution in [0, 0.1) is 5.41 Å². The minimum Gasteiger partial charge on any atom is -0.476 e. The van der Waals surface area contributed by atoms with Crippen LogP contribution < -0.4 is 4.90 Å². The Labute approximate surface area is 140 Å². The summed E-state index contributed by atoms with van der Waals surface area (Å²) in [4.78, 5) is 34.7. The molecule has 1 saturated carbocycles. The Morgan fingerprint density at radius 1 is 1.33 bits per heavy atom. The van der Waals surface area contributed by atoms with E-state index in [-0.39, 0.29) is 23.2 Å². The van der Waals surface area contributed by atoms with Crippen LogP contribution >= 0.6 is 0 Å². The molecule has 0 bridgehead atoms. The Morgan fingerprint density at radius 3 is 2.50 bits per heavy atom. The monoisotopic (exact) mass is 334 g/mol. The number of aromatic carboxylic acids is 1. The van der Waals surface area contributed by atoms with Gasteiger partial charge in [0.1, 0.15) is 11.4 Å². The molecule has 0 radical (unpaired) electrons. The Balaban J connectivity index is 1.55. The molecule has 2 heterocycles. The summed E-state index contributed by atoms with van der Waals surface area (Å²) < 4.78 is 5.41. The maximum Gasteiger partial charge on any atom is 0.410 e. The number of carbonyl (C=O) groups is 2. The van der Waals surface area contributed by atoms with Crippen LogP contribution in [0.3, 0.4) is 0 Å². The molecule has 1 saturated heterocycles. The van der Waals surface area contributed by atoms with Crippen LogP contribution in [0.15, 0.2) is 12.4 Å². The van der Waals surface area contributed by atoms with Crippen molar-refractivity contribution in [1.82, 2.24) is 14.9 Å². The molecule has 24 heavy (non-hydrogen) atoms. The molecule has 2 aliphatic rings. The molecule has 8 heteroatoms. The largest absolute Gasteiger partial charge is 0.476 e. The van der Waals surface area contributed by atoms with Gasteiger partial charge in [-0.05, 0) is 27.2 Å². The summed E-state index contributed by atoms with van der Waals surface area (Å²) in [5.41, 5.74) is -0.470. The summed E-state index contributed by atoms with van der Waals surface area (Å²) in [6, 6.07) is 0.176. The third-order valence-electron chi connectivity index (χ3n) is 4.49. The number of nitrogens with zero attached hydrogens (tertiary/aromatic N) is 4. The number of amides is 1. The van der Waals surface area contributed by atoms with E-state index >= 15 is 0 Å². The van der Waals surface area contributed by atoms with Crippen LogP contribution in [0.25, 0.3) is 0 Å². The molecule has 3 rings (SSSR count). The smallest absolute Gasteiger partial charge is 0.410 e. The quantitative estimate of drug-likeness (QED) is 0.897. The van der Waals surface area contributed by atoms with Crippen molar-refractivity contribution >= 4 is 17.9 Å². The molecule has 1 N–H and O–H groups in total. The Morgan fingerprint density at radius 2 is 2.00 bits per heavy atom. The second kappa shape index (κ2) is 5.32. The van der Waals surface area contributed by atoms with Crippen LogP contribution in [0.2, 0.25) is 0 Å². The van der Waals surface area contributed by atoms with Crippen molar-refractivity contribution in [3.8, 4) is 0 Å². The molecule has 1 atom stereocenters. The third kappa shape index (κ3) is 3.00. The molecular formula is C16H22N4O4.